The van der Waals surface area contributed by atoms with E-state index in [0.29, 0.717) is 6.04 Å². The second-order valence-electron chi connectivity index (χ2n) is 4.08. The van der Waals surface area contributed by atoms with Gasteiger partial charge in [0.25, 0.3) is 0 Å². The molecule has 0 saturated carbocycles. The number of methoxy groups -OCH3 is 1. The van der Waals surface area contributed by atoms with Gasteiger partial charge in [0, 0.05) is 22.7 Å². The van der Waals surface area contributed by atoms with Gasteiger partial charge in [-0.1, -0.05) is 6.92 Å². The third-order valence-corrected chi connectivity index (χ3v) is 4.03. The zero-order valence-corrected chi connectivity index (χ0v) is 11.8. The van der Waals surface area contributed by atoms with Crippen molar-refractivity contribution in [3.8, 4) is 16.3 Å². The van der Waals surface area contributed by atoms with Crippen LogP contribution in [-0.4, -0.2) is 18.6 Å². The van der Waals surface area contributed by atoms with Crippen LogP contribution in [0.2, 0.25) is 0 Å². The van der Waals surface area contributed by atoms with Crippen molar-refractivity contribution in [2.24, 2.45) is 0 Å². The summed E-state index contributed by atoms with van der Waals surface area (Å²) >= 11 is 1.73. The first-order valence-electron chi connectivity index (χ1n) is 6.08. The van der Waals surface area contributed by atoms with Gasteiger partial charge in [0.2, 0.25) is 0 Å². The van der Waals surface area contributed by atoms with Crippen LogP contribution in [0.1, 0.15) is 24.8 Å². The lowest BCUT2D eigenvalue weighted by Crippen LogP contribution is -2.16. The van der Waals surface area contributed by atoms with Gasteiger partial charge in [-0.3, -0.25) is 0 Å². The fraction of sp³-hybridized carbons (Fsp3) is 0.357. The van der Waals surface area contributed by atoms with Gasteiger partial charge in [0.05, 0.1) is 7.11 Å². The molecule has 2 rings (SSSR count). The summed E-state index contributed by atoms with van der Waals surface area (Å²) in [6, 6.07) is 8.37. The third-order valence-electron chi connectivity index (χ3n) is 2.80. The van der Waals surface area contributed by atoms with Crippen LogP contribution in [0.15, 0.2) is 30.5 Å². The first-order chi connectivity index (χ1) is 8.74. The van der Waals surface area contributed by atoms with Crippen molar-refractivity contribution in [3.05, 3.63) is 35.3 Å². The number of ether oxygens (including phenoxy) is 1. The molecule has 1 N–H and O–H groups in total. The molecule has 1 aromatic carbocycles. The Morgan fingerprint density at radius 3 is 2.67 bits per heavy atom. The van der Waals surface area contributed by atoms with Crippen LogP contribution in [-0.2, 0) is 0 Å². The zero-order chi connectivity index (χ0) is 13.0. The average molecular weight is 262 g/mol. The molecular weight excluding hydrogens is 244 g/mol. The number of rotatable bonds is 5. The van der Waals surface area contributed by atoms with Crippen molar-refractivity contribution in [1.82, 2.24) is 10.3 Å². The lowest BCUT2D eigenvalue weighted by atomic mass is 10.2. The largest absolute Gasteiger partial charge is 0.497 e. The Labute approximate surface area is 112 Å². The average Bonchev–Trinajstić information content (AvgIpc) is 2.89. The van der Waals surface area contributed by atoms with E-state index >= 15 is 0 Å². The van der Waals surface area contributed by atoms with Crippen LogP contribution in [0, 0.1) is 0 Å². The maximum Gasteiger partial charge on any atom is 0.123 e. The number of thiazole rings is 1. The molecule has 18 heavy (non-hydrogen) atoms. The summed E-state index contributed by atoms with van der Waals surface area (Å²) in [5.41, 5.74) is 1.13. The maximum atomic E-state index is 5.15. The SMILES string of the molecule is CCNC(C)c1cnc(-c2ccc(OC)cc2)s1. The molecule has 1 aromatic heterocycles. The first kappa shape index (κ1) is 13.1. The van der Waals surface area contributed by atoms with E-state index in [1.54, 1.807) is 18.4 Å². The van der Waals surface area contributed by atoms with Crippen LogP contribution in [0.5, 0.6) is 5.75 Å². The Balaban J connectivity index is 2.18. The van der Waals surface area contributed by atoms with Crippen LogP contribution < -0.4 is 10.1 Å². The summed E-state index contributed by atoms with van der Waals surface area (Å²) in [6.07, 6.45) is 1.96. The number of benzene rings is 1. The van der Waals surface area contributed by atoms with Crippen molar-refractivity contribution < 1.29 is 4.74 Å². The van der Waals surface area contributed by atoms with E-state index in [-0.39, 0.29) is 0 Å². The molecule has 1 unspecified atom stereocenters. The number of nitrogens with zero attached hydrogens (tertiary/aromatic N) is 1. The van der Waals surface area contributed by atoms with Gasteiger partial charge < -0.3 is 10.1 Å². The topological polar surface area (TPSA) is 34.2 Å². The number of hydrogen-bond acceptors (Lipinski definition) is 4. The molecule has 3 nitrogen and oxygen atoms in total. The van der Waals surface area contributed by atoms with E-state index in [2.05, 4.69) is 24.1 Å². The summed E-state index contributed by atoms with van der Waals surface area (Å²) in [7, 11) is 1.68. The highest BCUT2D eigenvalue weighted by molar-refractivity contribution is 7.15. The lowest BCUT2D eigenvalue weighted by molar-refractivity contribution is 0.415. The van der Waals surface area contributed by atoms with Crippen molar-refractivity contribution in [1.29, 1.82) is 0 Å². The molecule has 0 aliphatic heterocycles. The monoisotopic (exact) mass is 262 g/mol. The minimum atomic E-state index is 0.361. The highest BCUT2D eigenvalue weighted by Crippen LogP contribution is 2.29. The molecule has 0 amide bonds. The summed E-state index contributed by atoms with van der Waals surface area (Å²) in [5.74, 6) is 0.872. The van der Waals surface area contributed by atoms with Crippen LogP contribution in [0.3, 0.4) is 0 Å². The van der Waals surface area contributed by atoms with E-state index in [4.69, 9.17) is 4.74 Å². The quantitative estimate of drug-likeness (QED) is 0.895. The molecule has 0 radical (unpaired) electrons. The molecular formula is C14H18N2OS. The van der Waals surface area contributed by atoms with Gasteiger partial charge in [0.15, 0.2) is 0 Å². The Kier molecular flexibility index (Phi) is 4.33. The van der Waals surface area contributed by atoms with Gasteiger partial charge in [0.1, 0.15) is 10.8 Å². The second kappa shape index (κ2) is 5.98. The van der Waals surface area contributed by atoms with E-state index in [0.717, 1.165) is 22.9 Å². The predicted octanol–water partition coefficient (Wildman–Crippen LogP) is 3.49. The molecule has 0 aliphatic carbocycles. The summed E-state index contributed by atoms with van der Waals surface area (Å²) in [4.78, 5) is 5.75. The van der Waals surface area contributed by atoms with Crippen molar-refractivity contribution >= 4 is 11.3 Å². The minimum Gasteiger partial charge on any atom is -0.497 e. The molecule has 0 fully saturated rings. The summed E-state index contributed by atoms with van der Waals surface area (Å²) in [5, 5.41) is 4.45. The van der Waals surface area contributed by atoms with E-state index < -0.39 is 0 Å². The second-order valence-corrected chi connectivity index (χ2v) is 5.14. The number of nitrogens with one attached hydrogen (secondary N) is 1. The molecule has 0 aliphatic rings. The van der Waals surface area contributed by atoms with E-state index in [1.165, 1.54) is 4.88 Å². The van der Waals surface area contributed by atoms with Gasteiger partial charge in [-0.25, -0.2) is 4.98 Å². The molecule has 2 aromatic rings. The number of aromatic nitrogens is 1. The van der Waals surface area contributed by atoms with Gasteiger partial charge in [-0.2, -0.15) is 0 Å². The fourth-order valence-corrected chi connectivity index (χ4v) is 2.71. The first-order valence-corrected chi connectivity index (χ1v) is 6.89. The van der Waals surface area contributed by atoms with Crippen molar-refractivity contribution in [2.75, 3.05) is 13.7 Å². The van der Waals surface area contributed by atoms with E-state index in [1.807, 2.05) is 30.5 Å². The normalized spacial score (nSPS) is 12.4. The Hall–Kier alpha value is -1.39. The highest BCUT2D eigenvalue weighted by Gasteiger charge is 2.09. The molecule has 1 atom stereocenters. The Morgan fingerprint density at radius 1 is 1.33 bits per heavy atom. The molecule has 96 valence electrons. The summed E-state index contributed by atoms with van der Waals surface area (Å²) in [6.45, 7) is 5.24. The van der Waals surface area contributed by atoms with Gasteiger partial charge >= 0.3 is 0 Å². The fourth-order valence-electron chi connectivity index (χ4n) is 1.76. The Morgan fingerprint density at radius 2 is 2.06 bits per heavy atom. The molecule has 0 bridgehead atoms. The molecule has 1 heterocycles. The minimum absolute atomic E-state index is 0.361. The Bertz CT molecular complexity index is 493. The van der Waals surface area contributed by atoms with Gasteiger partial charge in [-0.05, 0) is 37.7 Å². The molecule has 0 spiro atoms. The predicted molar refractivity (Wildman–Crippen MR) is 76.2 cm³/mol. The number of hydrogen-bond donors (Lipinski definition) is 1. The van der Waals surface area contributed by atoms with Gasteiger partial charge in [-0.15, -0.1) is 11.3 Å². The van der Waals surface area contributed by atoms with Crippen LogP contribution >= 0.6 is 11.3 Å². The van der Waals surface area contributed by atoms with Crippen molar-refractivity contribution in [3.63, 3.8) is 0 Å². The zero-order valence-electron chi connectivity index (χ0n) is 10.9. The standard InChI is InChI=1S/C14H18N2OS/c1-4-15-10(2)13-9-16-14(18-13)11-5-7-12(17-3)8-6-11/h5-10,15H,4H2,1-3H3. The van der Waals surface area contributed by atoms with Crippen molar-refractivity contribution in [2.45, 2.75) is 19.9 Å². The van der Waals surface area contributed by atoms with E-state index in [9.17, 15) is 0 Å². The molecule has 4 heteroatoms. The summed E-state index contributed by atoms with van der Waals surface area (Å²) < 4.78 is 5.15. The smallest absolute Gasteiger partial charge is 0.123 e. The molecule has 0 saturated heterocycles. The third kappa shape index (κ3) is 2.89. The van der Waals surface area contributed by atoms with Crippen LogP contribution in [0.4, 0.5) is 0 Å². The maximum absolute atomic E-state index is 5.15. The lowest BCUT2D eigenvalue weighted by Gasteiger charge is -2.08. The van der Waals surface area contributed by atoms with Crippen LogP contribution in [0.25, 0.3) is 10.6 Å². The highest BCUT2D eigenvalue weighted by atomic mass is 32.1.